The lowest BCUT2D eigenvalue weighted by atomic mass is 10.1. The Morgan fingerprint density at radius 3 is 2.67 bits per heavy atom. The van der Waals surface area contributed by atoms with Crippen molar-refractivity contribution >= 4 is 30.1 Å². The van der Waals surface area contributed by atoms with E-state index in [4.69, 9.17) is 5.11 Å². The van der Waals surface area contributed by atoms with E-state index < -0.39 is 19.7 Å². The lowest BCUT2D eigenvalue weighted by Crippen LogP contribution is -2.21. The molecule has 1 aromatic carbocycles. The van der Waals surface area contributed by atoms with Crippen LogP contribution in [0.4, 0.5) is 19.1 Å². The van der Waals surface area contributed by atoms with Crippen molar-refractivity contribution in [3.8, 4) is 11.3 Å². The van der Waals surface area contributed by atoms with Gasteiger partial charge in [0.2, 0.25) is 5.95 Å². The molecular formula is C18H20F3N4OP. The van der Waals surface area contributed by atoms with Crippen LogP contribution in [0.25, 0.3) is 22.2 Å². The standard InChI is InChI=1S/C18H20F3N4OP/c1-10(9-26)24-17-23-8-13(18(19,20)21)15(25-17)12-7-22-16-11(12)5-4-6-14(16)27(2)3/h4-8,10,22,26H,9H2,1-3H3,(H,23,24,25). The monoisotopic (exact) mass is 396 g/mol. The average molecular weight is 396 g/mol. The van der Waals surface area contributed by atoms with Crippen LogP contribution in [-0.4, -0.2) is 46.0 Å². The first-order valence-corrected chi connectivity index (χ1v) is 10.6. The van der Waals surface area contributed by atoms with Crippen molar-refractivity contribution in [1.82, 2.24) is 15.0 Å². The third-order valence-corrected chi connectivity index (χ3v) is 5.51. The molecule has 3 N–H and O–H groups in total. The van der Waals surface area contributed by atoms with E-state index in [-0.39, 0.29) is 24.3 Å². The van der Waals surface area contributed by atoms with Crippen molar-refractivity contribution in [2.75, 3.05) is 25.3 Å². The van der Waals surface area contributed by atoms with Crippen molar-refractivity contribution < 1.29 is 18.3 Å². The number of aromatic amines is 1. The maximum atomic E-state index is 13.6. The van der Waals surface area contributed by atoms with Gasteiger partial charge >= 0.3 is 6.18 Å². The Bertz CT molecular complexity index is 955. The van der Waals surface area contributed by atoms with Gasteiger partial charge in [-0.1, -0.05) is 26.1 Å². The second-order valence-corrected chi connectivity index (χ2v) is 8.75. The summed E-state index contributed by atoms with van der Waals surface area (Å²) in [7, 11) is -0.428. The number of hydrogen-bond acceptors (Lipinski definition) is 4. The van der Waals surface area contributed by atoms with E-state index in [0.29, 0.717) is 10.9 Å². The van der Waals surface area contributed by atoms with Crippen LogP contribution in [0.2, 0.25) is 0 Å². The number of benzene rings is 1. The number of nitrogens with one attached hydrogen (secondary N) is 2. The summed E-state index contributed by atoms with van der Waals surface area (Å²) < 4.78 is 40.7. The second-order valence-electron chi connectivity index (χ2n) is 6.48. The first-order valence-electron chi connectivity index (χ1n) is 8.31. The Hall–Kier alpha value is -2.18. The minimum absolute atomic E-state index is 0.0401. The van der Waals surface area contributed by atoms with E-state index in [0.717, 1.165) is 17.0 Å². The lowest BCUT2D eigenvalue weighted by molar-refractivity contribution is -0.137. The van der Waals surface area contributed by atoms with E-state index in [1.54, 1.807) is 19.2 Å². The van der Waals surface area contributed by atoms with Gasteiger partial charge in [0.25, 0.3) is 0 Å². The van der Waals surface area contributed by atoms with Crippen molar-refractivity contribution in [2.24, 2.45) is 0 Å². The Morgan fingerprint density at radius 2 is 2.04 bits per heavy atom. The van der Waals surface area contributed by atoms with Gasteiger partial charge in [0.05, 0.1) is 17.8 Å². The number of aromatic nitrogens is 3. The molecule has 0 spiro atoms. The zero-order valence-corrected chi connectivity index (χ0v) is 16.0. The molecule has 0 aliphatic heterocycles. The van der Waals surface area contributed by atoms with Gasteiger partial charge in [-0.15, -0.1) is 0 Å². The molecule has 5 nitrogen and oxygen atoms in total. The summed E-state index contributed by atoms with van der Waals surface area (Å²) in [4.78, 5) is 11.0. The molecule has 0 saturated carbocycles. The van der Waals surface area contributed by atoms with E-state index in [1.807, 2.05) is 12.1 Å². The van der Waals surface area contributed by atoms with Gasteiger partial charge < -0.3 is 15.4 Å². The van der Waals surface area contributed by atoms with Gasteiger partial charge in [-0.2, -0.15) is 13.2 Å². The minimum Gasteiger partial charge on any atom is -0.394 e. The number of aliphatic hydroxyl groups is 1. The van der Waals surface area contributed by atoms with Gasteiger partial charge in [-0.25, -0.2) is 9.97 Å². The van der Waals surface area contributed by atoms with Crippen molar-refractivity contribution in [1.29, 1.82) is 0 Å². The number of anilines is 1. The van der Waals surface area contributed by atoms with Gasteiger partial charge in [-0.05, 0) is 25.6 Å². The summed E-state index contributed by atoms with van der Waals surface area (Å²) in [5.74, 6) is 0.0401. The smallest absolute Gasteiger partial charge is 0.394 e. The van der Waals surface area contributed by atoms with Crippen LogP contribution in [0, 0.1) is 0 Å². The molecule has 27 heavy (non-hydrogen) atoms. The number of rotatable bonds is 5. The molecule has 1 unspecified atom stereocenters. The molecule has 2 aromatic heterocycles. The molecular weight excluding hydrogens is 376 g/mol. The SMILES string of the molecule is CC(CO)Nc1ncc(C(F)(F)F)c(-c2c[nH]c3c(P(C)C)cccc23)n1. The van der Waals surface area contributed by atoms with Crippen molar-refractivity contribution in [2.45, 2.75) is 19.1 Å². The third kappa shape index (κ3) is 3.92. The number of halogens is 3. The molecule has 0 aliphatic rings. The predicted octanol–water partition coefficient (Wildman–Crippen LogP) is 3.80. The van der Waals surface area contributed by atoms with Crippen molar-refractivity contribution in [3.05, 3.63) is 36.2 Å². The summed E-state index contributed by atoms with van der Waals surface area (Å²) in [6.07, 6.45) is -2.24. The van der Waals surface area contributed by atoms with Crippen LogP contribution in [0.3, 0.4) is 0 Å². The zero-order valence-electron chi connectivity index (χ0n) is 15.1. The third-order valence-electron chi connectivity index (χ3n) is 4.17. The molecule has 3 rings (SSSR count). The maximum absolute atomic E-state index is 13.6. The molecule has 0 fully saturated rings. The van der Waals surface area contributed by atoms with Gasteiger partial charge in [-0.3, -0.25) is 0 Å². The highest BCUT2D eigenvalue weighted by atomic mass is 31.1. The van der Waals surface area contributed by atoms with E-state index in [1.165, 1.54) is 0 Å². The highest BCUT2D eigenvalue weighted by molar-refractivity contribution is 7.64. The maximum Gasteiger partial charge on any atom is 0.419 e. The lowest BCUT2D eigenvalue weighted by Gasteiger charge is -2.15. The summed E-state index contributed by atoms with van der Waals surface area (Å²) in [5, 5.41) is 13.7. The second kappa shape index (κ2) is 7.44. The molecule has 3 aromatic rings. The fourth-order valence-electron chi connectivity index (χ4n) is 2.84. The minimum atomic E-state index is -4.58. The number of para-hydroxylation sites is 1. The Labute approximate surface area is 155 Å². The molecule has 2 heterocycles. The topological polar surface area (TPSA) is 73.8 Å². The average Bonchev–Trinajstić information content (AvgIpc) is 3.04. The van der Waals surface area contributed by atoms with Crippen molar-refractivity contribution in [3.63, 3.8) is 0 Å². The Kier molecular flexibility index (Phi) is 5.40. The highest BCUT2D eigenvalue weighted by Crippen LogP contribution is 2.39. The Morgan fingerprint density at radius 1 is 1.30 bits per heavy atom. The van der Waals surface area contributed by atoms with Gasteiger partial charge in [0.1, 0.15) is 5.56 Å². The molecule has 144 valence electrons. The molecule has 0 aliphatic carbocycles. The van der Waals surface area contributed by atoms with Gasteiger partial charge in [0, 0.05) is 29.4 Å². The van der Waals surface area contributed by atoms with Crippen LogP contribution >= 0.6 is 7.92 Å². The number of fused-ring (bicyclic) bond motifs is 1. The molecule has 0 bridgehead atoms. The molecule has 0 amide bonds. The molecule has 1 atom stereocenters. The molecule has 0 radical (unpaired) electrons. The van der Waals surface area contributed by atoms with E-state index in [9.17, 15) is 13.2 Å². The first-order chi connectivity index (χ1) is 12.7. The highest BCUT2D eigenvalue weighted by Gasteiger charge is 2.36. The largest absolute Gasteiger partial charge is 0.419 e. The molecule has 0 saturated heterocycles. The number of H-pyrrole nitrogens is 1. The summed E-state index contributed by atoms with van der Waals surface area (Å²) in [6.45, 7) is 5.68. The molecule has 9 heteroatoms. The Balaban J connectivity index is 2.21. The fourth-order valence-corrected chi connectivity index (χ4v) is 3.85. The van der Waals surface area contributed by atoms with Gasteiger partial charge in [0.15, 0.2) is 0 Å². The zero-order chi connectivity index (χ0) is 19.8. The van der Waals surface area contributed by atoms with E-state index in [2.05, 4.69) is 33.6 Å². The number of alkyl halides is 3. The number of aliphatic hydroxyl groups excluding tert-OH is 1. The quantitative estimate of drug-likeness (QED) is 0.574. The van der Waals surface area contributed by atoms with Crippen LogP contribution in [0.5, 0.6) is 0 Å². The summed E-state index contributed by atoms with van der Waals surface area (Å²) in [5.41, 5.74) is 0.114. The van der Waals surface area contributed by atoms with E-state index >= 15 is 0 Å². The van der Waals surface area contributed by atoms with Crippen LogP contribution in [-0.2, 0) is 6.18 Å². The summed E-state index contributed by atoms with van der Waals surface area (Å²) >= 11 is 0. The predicted molar refractivity (Wildman–Crippen MR) is 103 cm³/mol. The number of nitrogens with zero attached hydrogens (tertiary/aromatic N) is 2. The first kappa shape index (κ1) is 19.6. The normalized spacial score (nSPS) is 13.3. The van der Waals surface area contributed by atoms with Crippen LogP contribution in [0.1, 0.15) is 12.5 Å². The summed E-state index contributed by atoms with van der Waals surface area (Å²) in [6, 6.07) is 5.23. The van der Waals surface area contributed by atoms with Crippen LogP contribution in [0.15, 0.2) is 30.6 Å². The fraction of sp³-hybridized carbons (Fsp3) is 0.333. The number of hydrogen-bond donors (Lipinski definition) is 3. The van der Waals surface area contributed by atoms with Crippen LogP contribution < -0.4 is 10.6 Å².